The smallest absolute Gasteiger partial charge is 0.242 e. The average molecular weight is 407 g/mol. The molecule has 0 aromatic heterocycles. The number of hydrogen-bond donors (Lipinski definition) is 1. The highest BCUT2D eigenvalue weighted by Crippen LogP contribution is 2.38. The second-order valence-electron chi connectivity index (χ2n) is 8.43. The third-order valence-corrected chi connectivity index (χ3v) is 6.38. The minimum Gasteiger partial charge on any atom is -0.369 e. The van der Waals surface area contributed by atoms with Gasteiger partial charge in [-0.25, -0.2) is 0 Å². The number of fused-ring (bicyclic) bond motifs is 1. The molecule has 2 amide bonds. The van der Waals surface area contributed by atoms with E-state index in [4.69, 9.17) is 5.73 Å². The molecule has 0 radical (unpaired) electrons. The summed E-state index contributed by atoms with van der Waals surface area (Å²) in [5, 5.41) is 0. The summed E-state index contributed by atoms with van der Waals surface area (Å²) in [5.41, 5.74) is 9.99. The van der Waals surface area contributed by atoms with Crippen LogP contribution in [0, 0.1) is 6.92 Å². The average Bonchev–Trinajstić information content (AvgIpc) is 2.75. The van der Waals surface area contributed by atoms with Gasteiger partial charge in [0.25, 0.3) is 0 Å². The minimum absolute atomic E-state index is 0.0786. The fraction of sp³-hybridized carbons (Fsp3) is 0.417. The second kappa shape index (κ2) is 8.38. The molecule has 6 nitrogen and oxygen atoms in total. The summed E-state index contributed by atoms with van der Waals surface area (Å²) in [6.45, 7) is 7.61. The highest BCUT2D eigenvalue weighted by atomic mass is 16.2. The van der Waals surface area contributed by atoms with Crippen molar-refractivity contribution in [2.24, 2.45) is 5.73 Å². The van der Waals surface area contributed by atoms with Crippen LogP contribution in [0.25, 0.3) is 0 Å². The molecular formula is C24H30N4O2. The fourth-order valence-corrected chi connectivity index (χ4v) is 4.67. The van der Waals surface area contributed by atoms with Gasteiger partial charge in [0, 0.05) is 43.6 Å². The first-order valence-corrected chi connectivity index (χ1v) is 10.7. The number of benzene rings is 2. The molecule has 6 heteroatoms. The standard InChI is InChI=1S/C24H30N4O2/c1-17-6-5-7-19(14-17)26-10-12-27(13-11-26)23(29)16-28-18(2)15-21(24(25)30)20-8-3-4-9-22(20)28/h3-9,14,18,21H,10-13,15-16H2,1-2H3,(H2,25,30). The maximum absolute atomic E-state index is 13.1. The molecule has 0 saturated carbocycles. The molecule has 4 rings (SSSR count). The molecule has 2 aliphatic heterocycles. The van der Waals surface area contributed by atoms with E-state index in [0.29, 0.717) is 13.0 Å². The van der Waals surface area contributed by atoms with Crippen LogP contribution in [0.4, 0.5) is 11.4 Å². The predicted octanol–water partition coefficient (Wildman–Crippen LogP) is 2.51. The number of hydrogen-bond acceptors (Lipinski definition) is 4. The third-order valence-electron chi connectivity index (χ3n) is 6.38. The maximum atomic E-state index is 13.1. The number of rotatable bonds is 4. The number of aryl methyl sites for hydroxylation is 1. The monoisotopic (exact) mass is 406 g/mol. The Morgan fingerprint density at radius 2 is 1.77 bits per heavy atom. The minimum atomic E-state index is -0.299. The molecule has 2 heterocycles. The SMILES string of the molecule is Cc1cccc(N2CCN(C(=O)CN3c4ccccc4C(C(N)=O)CC3C)CC2)c1. The lowest BCUT2D eigenvalue weighted by Crippen LogP contribution is -2.53. The number of piperazine rings is 1. The summed E-state index contributed by atoms with van der Waals surface area (Å²) in [6, 6.07) is 16.4. The van der Waals surface area contributed by atoms with Crippen molar-refractivity contribution in [3.05, 3.63) is 59.7 Å². The van der Waals surface area contributed by atoms with E-state index in [0.717, 1.165) is 37.4 Å². The van der Waals surface area contributed by atoms with Crippen LogP contribution in [0.5, 0.6) is 0 Å². The highest BCUT2D eigenvalue weighted by Gasteiger charge is 2.34. The van der Waals surface area contributed by atoms with Crippen molar-refractivity contribution in [3.8, 4) is 0 Å². The second-order valence-corrected chi connectivity index (χ2v) is 8.43. The molecule has 0 spiro atoms. The van der Waals surface area contributed by atoms with Crippen LogP contribution in [0.2, 0.25) is 0 Å². The van der Waals surface area contributed by atoms with Gasteiger partial charge < -0.3 is 20.4 Å². The molecule has 2 N–H and O–H groups in total. The van der Waals surface area contributed by atoms with Gasteiger partial charge in [-0.05, 0) is 49.6 Å². The van der Waals surface area contributed by atoms with Gasteiger partial charge in [0.15, 0.2) is 0 Å². The Labute approximate surface area is 178 Å². The zero-order valence-corrected chi connectivity index (χ0v) is 17.8. The Bertz CT molecular complexity index is 936. The number of primary amides is 1. The Balaban J connectivity index is 1.43. The van der Waals surface area contributed by atoms with Crippen LogP contribution in [0.3, 0.4) is 0 Å². The summed E-state index contributed by atoms with van der Waals surface area (Å²) in [7, 11) is 0. The lowest BCUT2D eigenvalue weighted by Gasteiger charge is -2.41. The molecule has 2 unspecified atom stereocenters. The van der Waals surface area contributed by atoms with Crippen molar-refractivity contribution in [1.29, 1.82) is 0 Å². The molecule has 158 valence electrons. The molecule has 2 aliphatic rings. The number of carbonyl (C=O) groups excluding carboxylic acids is 2. The normalized spacial score (nSPS) is 21.3. The van der Waals surface area contributed by atoms with E-state index in [1.807, 2.05) is 29.2 Å². The lowest BCUT2D eigenvalue weighted by molar-refractivity contribution is -0.130. The number of amides is 2. The van der Waals surface area contributed by atoms with E-state index < -0.39 is 0 Å². The quantitative estimate of drug-likeness (QED) is 0.847. The van der Waals surface area contributed by atoms with Crippen LogP contribution in [0.15, 0.2) is 48.5 Å². The fourth-order valence-electron chi connectivity index (χ4n) is 4.67. The van der Waals surface area contributed by atoms with E-state index >= 15 is 0 Å². The van der Waals surface area contributed by atoms with Crippen molar-refractivity contribution in [3.63, 3.8) is 0 Å². The number of para-hydroxylation sites is 1. The summed E-state index contributed by atoms with van der Waals surface area (Å²) in [5.74, 6) is -0.453. The van der Waals surface area contributed by atoms with Crippen molar-refractivity contribution >= 4 is 23.2 Å². The summed E-state index contributed by atoms with van der Waals surface area (Å²) >= 11 is 0. The largest absolute Gasteiger partial charge is 0.369 e. The molecule has 0 bridgehead atoms. The van der Waals surface area contributed by atoms with E-state index in [-0.39, 0.29) is 23.8 Å². The van der Waals surface area contributed by atoms with Gasteiger partial charge >= 0.3 is 0 Å². The molecular weight excluding hydrogens is 376 g/mol. The zero-order chi connectivity index (χ0) is 21.3. The van der Waals surface area contributed by atoms with Gasteiger partial charge in [-0.3, -0.25) is 9.59 Å². The number of nitrogens with zero attached hydrogens (tertiary/aromatic N) is 3. The van der Waals surface area contributed by atoms with Crippen LogP contribution >= 0.6 is 0 Å². The van der Waals surface area contributed by atoms with E-state index in [1.165, 1.54) is 11.3 Å². The number of carbonyl (C=O) groups is 2. The third kappa shape index (κ3) is 3.99. The Morgan fingerprint density at radius 3 is 2.47 bits per heavy atom. The summed E-state index contributed by atoms with van der Waals surface area (Å²) in [4.78, 5) is 31.5. The van der Waals surface area contributed by atoms with Gasteiger partial charge in [-0.15, -0.1) is 0 Å². The van der Waals surface area contributed by atoms with Crippen molar-refractivity contribution in [2.45, 2.75) is 32.2 Å². The van der Waals surface area contributed by atoms with E-state index in [1.54, 1.807) is 0 Å². The Kier molecular flexibility index (Phi) is 5.66. The molecule has 2 atom stereocenters. The topological polar surface area (TPSA) is 69.9 Å². The van der Waals surface area contributed by atoms with Gasteiger partial charge in [-0.2, -0.15) is 0 Å². The van der Waals surface area contributed by atoms with Crippen molar-refractivity contribution in [2.75, 3.05) is 42.5 Å². The molecule has 0 aliphatic carbocycles. The van der Waals surface area contributed by atoms with Crippen LogP contribution in [0.1, 0.15) is 30.4 Å². The first-order valence-electron chi connectivity index (χ1n) is 10.7. The van der Waals surface area contributed by atoms with E-state index in [9.17, 15) is 9.59 Å². The predicted molar refractivity (Wildman–Crippen MR) is 120 cm³/mol. The molecule has 2 aromatic carbocycles. The Morgan fingerprint density at radius 1 is 1.03 bits per heavy atom. The molecule has 2 aromatic rings. The van der Waals surface area contributed by atoms with E-state index in [2.05, 4.69) is 47.9 Å². The summed E-state index contributed by atoms with van der Waals surface area (Å²) in [6.07, 6.45) is 0.640. The molecule has 30 heavy (non-hydrogen) atoms. The first-order chi connectivity index (χ1) is 14.4. The number of anilines is 2. The molecule has 1 saturated heterocycles. The zero-order valence-electron chi connectivity index (χ0n) is 17.8. The van der Waals surface area contributed by atoms with Gasteiger partial charge in [0.1, 0.15) is 0 Å². The van der Waals surface area contributed by atoms with Gasteiger partial charge in [-0.1, -0.05) is 30.3 Å². The van der Waals surface area contributed by atoms with Crippen molar-refractivity contribution in [1.82, 2.24) is 4.90 Å². The molecule has 1 fully saturated rings. The van der Waals surface area contributed by atoms with Gasteiger partial charge in [0.05, 0.1) is 12.5 Å². The van der Waals surface area contributed by atoms with Crippen LogP contribution in [-0.2, 0) is 9.59 Å². The van der Waals surface area contributed by atoms with Gasteiger partial charge in [0.2, 0.25) is 11.8 Å². The van der Waals surface area contributed by atoms with Crippen molar-refractivity contribution < 1.29 is 9.59 Å². The highest BCUT2D eigenvalue weighted by molar-refractivity contribution is 5.87. The summed E-state index contributed by atoms with van der Waals surface area (Å²) < 4.78 is 0. The van der Waals surface area contributed by atoms with Crippen LogP contribution < -0.4 is 15.5 Å². The first kappa shape index (κ1) is 20.3. The Hall–Kier alpha value is -3.02. The lowest BCUT2D eigenvalue weighted by atomic mass is 9.85. The number of nitrogens with two attached hydrogens (primary N) is 1. The maximum Gasteiger partial charge on any atom is 0.242 e. The van der Waals surface area contributed by atoms with Crippen LogP contribution in [-0.4, -0.2) is 55.5 Å².